The van der Waals surface area contributed by atoms with E-state index in [9.17, 15) is 8.78 Å². The van der Waals surface area contributed by atoms with E-state index in [1.165, 1.54) is 25.0 Å². The molecule has 1 aromatic rings. The molecule has 1 N–H and O–H groups in total. The molecule has 0 radical (unpaired) electrons. The van der Waals surface area contributed by atoms with Gasteiger partial charge in [0.05, 0.1) is 0 Å². The van der Waals surface area contributed by atoms with Crippen molar-refractivity contribution in [2.24, 2.45) is 5.92 Å². The second kappa shape index (κ2) is 6.47. The summed E-state index contributed by atoms with van der Waals surface area (Å²) >= 11 is 0. The number of benzene rings is 1. The Balaban J connectivity index is 2.33. The summed E-state index contributed by atoms with van der Waals surface area (Å²) in [5.41, 5.74) is 0.776. The molecule has 19 heavy (non-hydrogen) atoms. The van der Waals surface area contributed by atoms with Gasteiger partial charge < -0.3 is 5.32 Å². The van der Waals surface area contributed by atoms with Gasteiger partial charge in [-0.2, -0.15) is 0 Å². The molecule has 1 aliphatic carbocycles. The van der Waals surface area contributed by atoms with Crippen molar-refractivity contribution in [2.45, 2.75) is 52.0 Å². The molecule has 1 nitrogen and oxygen atoms in total. The van der Waals surface area contributed by atoms with Crippen molar-refractivity contribution in [3.8, 4) is 0 Å². The second-order valence-electron chi connectivity index (χ2n) is 5.57. The van der Waals surface area contributed by atoms with Gasteiger partial charge in [0.2, 0.25) is 0 Å². The Kier molecular flexibility index (Phi) is 4.92. The van der Waals surface area contributed by atoms with Crippen LogP contribution < -0.4 is 5.32 Å². The number of hydrogen-bond acceptors (Lipinski definition) is 1. The first kappa shape index (κ1) is 14.4. The summed E-state index contributed by atoms with van der Waals surface area (Å²) < 4.78 is 28.4. The van der Waals surface area contributed by atoms with Crippen LogP contribution >= 0.6 is 0 Å². The lowest BCUT2D eigenvalue weighted by molar-refractivity contribution is 0.344. The molecule has 1 saturated carbocycles. The van der Waals surface area contributed by atoms with Gasteiger partial charge in [-0.15, -0.1) is 0 Å². The minimum Gasteiger partial charge on any atom is -0.310 e. The maximum absolute atomic E-state index is 14.3. The fraction of sp³-hybridized carbons (Fsp3) is 0.625. The van der Waals surface area contributed by atoms with Gasteiger partial charge in [0, 0.05) is 11.6 Å². The van der Waals surface area contributed by atoms with E-state index in [-0.39, 0.29) is 17.4 Å². The number of rotatable bonds is 5. The van der Waals surface area contributed by atoms with Gasteiger partial charge in [-0.05, 0) is 50.3 Å². The van der Waals surface area contributed by atoms with Gasteiger partial charge in [-0.1, -0.05) is 25.8 Å². The monoisotopic (exact) mass is 267 g/mol. The van der Waals surface area contributed by atoms with Crippen LogP contribution in [0, 0.1) is 24.5 Å². The average molecular weight is 267 g/mol. The van der Waals surface area contributed by atoms with Crippen molar-refractivity contribution in [3.05, 3.63) is 34.9 Å². The molecule has 106 valence electrons. The highest BCUT2D eigenvalue weighted by molar-refractivity contribution is 5.30. The van der Waals surface area contributed by atoms with Crippen molar-refractivity contribution in [3.63, 3.8) is 0 Å². The summed E-state index contributed by atoms with van der Waals surface area (Å²) in [5, 5.41) is 3.36. The molecular weight excluding hydrogens is 244 g/mol. The molecule has 3 heteroatoms. The molecule has 1 aromatic carbocycles. The van der Waals surface area contributed by atoms with Crippen molar-refractivity contribution in [2.75, 3.05) is 6.54 Å². The van der Waals surface area contributed by atoms with Crippen LogP contribution in [0.5, 0.6) is 0 Å². The molecule has 0 bridgehead atoms. The Morgan fingerprint density at radius 1 is 1.26 bits per heavy atom. The van der Waals surface area contributed by atoms with Gasteiger partial charge in [0.25, 0.3) is 0 Å². The molecule has 2 rings (SSSR count). The van der Waals surface area contributed by atoms with Gasteiger partial charge in [0.15, 0.2) is 0 Å². The Hall–Kier alpha value is -0.960. The molecule has 0 heterocycles. The van der Waals surface area contributed by atoms with Gasteiger partial charge >= 0.3 is 0 Å². The predicted molar refractivity (Wildman–Crippen MR) is 74.1 cm³/mol. The smallest absolute Gasteiger partial charge is 0.133 e. The van der Waals surface area contributed by atoms with Crippen molar-refractivity contribution in [1.82, 2.24) is 5.32 Å². The van der Waals surface area contributed by atoms with Crippen LogP contribution in [0.4, 0.5) is 8.78 Å². The van der Waals surface area contributed by atoms with E-state index in [2.05, 4.69) is 12.2 Å². The standard InChI is InChI=1S/C16H23F2N/c1-3-10-19-16(12-6-4-5-7-12)14-13(17)9-8-11(2)15(14)18/h8-9,12,16,19H,3-7,10H2,1-2H3. The quantitative estimate of drug-likeness (QED) is 0.828. The molecular formula is C16H23F2N. The third-order valence-corrected chi connectivity index (χ3v) is 4.12. The van der Waals surface area contributed by atoms with Crippen LogP contribution in [0.25, 0.3) is 0 Å². The fourth-order valence-corrected chi connectivity index (χ4v) is 3.06. The van der Waals surface area contributed by atoms with E-state index in [0.29, 0.717) is 11.5 Å². The molecule has 1 fully saturated rings. The maximum atomic E-state index is 14.3. The van der Waals surface area contributed by atoms with Crippen molar-refractivity contribution >= 4 is 0 Å². The average Bonchev–Trinajstić information content (AvgIpc) is 2.92. The van der Waals surface area contributed by atoms with Crippen LogP contribution in [-0.4, -0.2) is 6.54 Å². The maximum Gasteiger partial charge on any atom is 0.133 e. The lowest BCUT2D eigenvalue weighted by Crippen LogP contribution is -2.29. The number of halogens is 2. The minimum atomic E-state index is -0.413. The highest BCUT2D eigenvalue weighted by Crippen LogP contribution is 2.38. The van der Waals surface area contributed by atoms with Crippen LogP contribution in [0.3, 0.4) is 0 Å². The van der Waals surface area contributed by atoms with E-state index in [1.54, 1.807) is 6.92 Å². The van der Waals surface area contributed by atoms with E-state index in [1.807, 2.05) is 0 Å². The Bertz CT molecular complexity index is 425. The summed E-state index contributed by atoms with van der Waals surface area (Å²) in [6, 6.07) is 2.73. The summed E-state index contributed by atoms with van der Waals surface area (Å²) in [4.78, 5) is 0. The normalized spacial score (nSPS) is 17.9. The summed E-state index contributed by atoms with van der Waals surface area (Å²) in [6.45, 7) is 4.57. The summed E-state index contributed by atoms with van der Waals surface area (Å²) in [5.74, 6) is -0.429. The first-order chi connectivity index (χ1) is 9.15. The molecule has 1 aliphatic rings. The topological polar surface area (TPSA) is 12.0 Å². The van der Waals surface area contributed by atoms with Crippen molar-refractivity contribution in [1.29, 1.82) is 0 Å². The number of nitrogens with one attached hydrogen (secondary N) is 1. The van der Waals surface area contributed by atoms with E-state index >= 15 is 0 Å². The SMILES string of the molecule is CCCNC(c1c(F)ccc(C)c1F)C1CCCC1. The summed E-state index contributed by atoms with van der Waals surface area (Å²) in [6.07, 6.45) is 5.44. The Morgan fingerprint density at radius 2 is 1.95 bits per heavy atom. The van der Waals surface area contributed by atoms with Crippen LogP contribution in [0.15, 0.2) is 12.1 Å². The molecule has 0 aliphatic heterocycles. The number of hydrogen-bond donors (Lipinski definition) is 1. The van der Waals surface area contributed by atoms with Gasteiger partial charge in [0.1, 0.15) is 11.6 Å². The van der Waals surface area contributed by atoms with Crippen molar-refractivity contribution < 1.29 is 8.78 Å². The third kappa shape index (κ3) is 3.14. The zero-order chi connectivity index (χ0) is 13.8. The highest BCUT2D eigenvalue weighted by Gasteiger charge is 2.30. The van der Waals surface area contributed by atoms with E-state index in [4.69, 9.17) is 0 Å². The molecule has 1 unspecified atom stereocenters. The van der Waals surface area contributed by atoms with Gasteiger partial charge in [-0.3, -0.25) is 0 Å². The summed E-state index contributed by atoms with van der Waals surface area (Å²) in [7, 11) is 0. The second-order valence-corrected chi connectivity index (χ2v) is 5.57. The zero-order valence-electron chi connectivity index (χ0n) is 11.8. The fourth-order valence-electron chi connectivity index (χ4n) is 3.06. The highest BCUT2D eigenvalue weighted by atomic mass is 19.1. The first-order valence-corrected chi connectivity index (χ1v) is 7.33. The molecule has 1 atom stereocenters. The van der Waals surface area contributed by atoms with E-state index in [0.717, 1.165) is 25.8 Å². The largest absolute Gasteiger partial charge is 0.310 e. The van der Waals surface area contributed by atoms with Crippen LogP contribution in [0.1, 0.15) is 56.2 Å². The lowest BCUT2D eigenvalue weighted by Gasteiger charge is -2.26. The van der Waals surface area contributed by atoms with Crippen LogP contribution in [0.2, 0.25) is 0 Å². The minimum absolute atomic E-state index is 0.178. The predicted octanol–water partition coefficient (Wildman–Crippen LogP) is 4.50. The molecule has 0 aromatic heterocycles. The van der Waals surface area contributed by atoms with Crippen LogP contribution in [-0.2, 0) is 0 Å². The third-order valence-electron chi connectivity index (χ3n) is 4.12. The van der Waals surface area contributed by atoms with E-state index < -0.39 is 5.82 Å². The first-order valence-electron chi connectivity index (χ1n) is 7.33. The number of aryl methyl sites for hydroxylation is 1. The van der Waals surface area contributed by atoms with Gasteiger partial charge in [-0.25, -0.2) is 8.78 Å². The molecule has 0 amide bonds. The molecule has 0 spiro atoms. The Morgan fingerprint density at radius 3 is 2.58 bits per heavy atom. The molecule has 0 saturated heterocycles. The Labute approximate surface area is 114 Å². The lowest BCUT2D eigenvalue weighted by atomic mass is 9.90. The zero-order valence-corrected chi connectivity index (χ0v) is 11.8.